The molecule has 2 rings (SSSR count). The molecule has 1 aliphatic heterocycles. The van der Waals surface area contributed by atoms with Gasteiger partial charge in [0.25, 0.3) is 0 Å². The number of carboxylic acid groups (broad SMARTS) is 1. The molecule has 0 spiro atoms. The summed E-state index contributed by atoms with van der Waals surface area (Å²) in [5.74, 6) is -2.15. The van der Waals surface area contributed by atoms with Crippen LogP contribution in [0.15, 0.2) is 24.3 Å². The Kier molecular flexibility index (Phi) is 3.88. The Labute approximate surface area is 115 Å². The van der Waals surface area contributed by atoms with Crippen molar-refractivity contribution in [3.8, 4) is 0 Å². The summed E-state index contributed by atoms with van der Waals surface area (Å²) in [7, 11) is 1.16. The van der Waals surface area contributed by atoms with Crippen LogP contribution in [0.2, 0.25) is 0 Å². The predicted molar refractivity (Wildman–Crippen MR) is 69.6 cm³/mol. The Morgan fingerprint density at radius 2 is 2.10 bits per heavy atom. The molecule has 20 heavy (non-hydrogen) atoms. The molecule has 0 fully saturated rings. The van der Waals surface area contributed by atoms with E-state index in [0.29, 0.717) is 11.3 Å². The van der Waals surface area contributed by atoms with Crippen molar-refractivity contribution < 1.29 is 24.2 Å². The van der Waals surface area contributed by atoms with E-state index in [1.165, 1.54) is 0 Å². The SMILES string of the molecule is COC(=O)NC(=O)CN1CC(C(=O)O)c2ccccc21. The highest BCUT2D eigenvalue weighted by Crippen LogP contribution is 2.35. The number of para-hydroxylation sites is 1. The summed E-state index contributed by atoms with van der Waals surface area (Å²) in [6.45, 7) is 0.0964. The highest BCUT2D eigenvalue weighted by Gasteiger charge is 2.34. The van der Waals surface area contributed by atoms with Gasteiger partial charge in [0.1, 0.15) is 5.92 Å². The molecule has 0 aromatic heterocycles. The Morgan fingerprint density at radius 1 is 1.40 bits per heavy atom. The van der Waals surface area contributed by atoms with E-state index in [1.54, 1.807) is 29.2 Å². The van der Waals surface area contributed by atoms with Crippen molar-refractivity contribution >= 4 is 23.7 Å². The maximum Gasteiger partial charge on any atom is 0.413 e. The molecule has 7 nitrogen and oxygen atoms in total. The number of ether oxygens (including phenoxy) is 1. The molecule has 2 amide bonds. The predicted octanol–water partition coefficient (Wildman–Crippen LogP) is 0.557. The van der Waals surface area contributed by atoms with Gasteiger partial charge in [-0.25, -0.2) is 4.79 Å². The first-order valence-electron chi connectivity index (χ1n) is 5.97. The van der Waals surface area contributed by atoms with E-state index >= 15 is 0 Å². The van der Waals surface area contributed by atoms with Crippen LogP contribution < -0.4 is 10.2 Å². The highest BCUT2D eigenvalue weighted by atomic mass is 16.5. The fourth-order valence-electron chi connectivity index (χ4n) is 2.23. The zero-order valence-corrected chi connectivity index (χ0v) is 10.8. The van der Waals surface area contributed by atoms with Crippen molar-refractivity contribution in [2.75, 3.05) is 25.1 Å². The summed E-state index contributed by atoms with van der Waals surface area (Å²) < 4.78 is 4.33. The Morgan fingerprint density at radius 3 is 2.75 bits per heavy atom. The number of carboxylic acids is 1. The van der Waals surface area contributed by atoms with E-state index in [2.05, 4.69) is 4.74 Å². The number of rotatable bonds is 3. The normalized spacial score (nSPS) is 16.4. The van der Waals surface area contributed by atoms with Crippen LogP contribution >= 0.6 is 0 Å². The average Bonchev–Trinajstić information content (AvgIpc) is 2.78. The van der Waals surface area contributed by atoms with Crippen LogP contribution in [0.4, 0.5) is 10.5 Å². The molecule has 106 valence electrons. The molecule has 1 aromatic rings. The third kappa shape index (κ3) is 2.71. The summed E-state index contributed by atoms with van der Waals surface area (Å²) in [6, 6.07) is 7.01. The zero-order valence-electron chi connectivity index (χ0n) is 10.8. The number of carbonyl (C=O) groups excluding carboxylic acids is 2. The summed E-state index contributed by atoms with van der Waals surface area (Å²) >= 11 is 0. The lowest BCUT2D eigenvalue weighted by Gasteiger charge is -2.18. The monoisotopic (exact) mass is 278 g/mol. The van der Waals surface area contributed by atoms with E-state index in [9.17, 15) is 19.5 Å². The van der Waals surface area contributed by atoms with Crippen LogP contribution in [0.25, 0.3) is 0 Å². The molecule has 0 saturated carbocycles. The van der Waals surface area contributed by atoms with E-state index in [1.807, 2.05) is 5.32 Å². The van der Waals surface area contributed by atoms with Gasteiger partial charge in [0.05, 0.1) is 13.7 Å². The molecule has 1 atom stereocenters. The van der Waals surface area contributed by atoms with Gasteiger partial charge in [-0.2, -0.15) is 0 Å². The number of amides is 2. The number of alkyl carbamates (subject to hydrolysis) is 1. The topological polar surface area (TPSA) is 95.9 Å². The molecule has 1 unspecified atom stereocenters. The van der Waals surface area contributed by atoms with Gasteiger partial charge < -0.3 is 14.7 Å². The van der Waals surface area contributed by atoms with Gasteiger partial charge >= 0.3 is 12.1 Å². The summed E-state index contributed by atoms with van der Waals surface area (Å²) in [5.41, 5.74) is 1.37. The number of anilines is 1. The third-order valence-corrected chi connectivity index (χ3v) is 3.12. The van der Waals surface area contributed by atoms with Gasteiger partial charge in [-0.3, -0.25) is 14.9 Å². The minimum Gasteiger partial charge on any atom is -0.481 e. The summed E-state index contributed by atoms with van der Waals surface area (Å²) in [6.07, 6.45) is -0.836. The fraction of sp³-hybridized carbons (Fsp3) is 0.308. The van der Waals surface area contributed by atoms with Gasteiger partial charge in [0, 0.05) is 12.2 Å². The van der Waals surface area contributed by atoms with Gasteiger partial charge in [-0.05, 0) is 11.6 Å². The second kappa shape index (κ2) is 5.60. The third-order valence-electron chi connectivity index (χ3n) is 3.12. The molecule has 0 radical (unpaired) electrons. The second-order valence-corrected chi connectivity index (χ2v) is 4.37. The lowest BCUT2D eigenvalue weighted by molar-refractivity contribution is -0.138. The molecule has 2 N–H and O–H groups in total. The van der Waals surface area contributed by atoms with Gasteiger partial charge in [-0.15, -0.1) is 0 Å². The van der Waals surface area contributed by atoms with Crippen LogP contribution in [0.1, 0.15) is 11.5 Å². The van der Waals surface area contributed by atoms with Crippen LogP contribution in [0, 0.1) is 0 Å². The first-order valence-corrected chi connectivity index (χ1v) is 5.97. The molecule has 1 aromatic carbocycles. The molecule has 1 aliphatic rings. The number of hydrogen-bond donors (Lipinski definition) is 2. The van der Waals surface area contributed by atoms with Gasteiger partial charge in [-0.1, -0.05) is 18.2 Å². The molecular formula is C13H14N2O5. The Hall–Kier alpha value is -2.57. The maximum atomic E-state index is 11.7. The number of nitrogens with one attached hydrogen (secondary N) is 1. The fourth-order valence-corrected chi connectivity index (χ4v) is 2.23. The number of nitrogens with zero attached hydrogens (tertiary/aromatic N) is 1. The van der Waals surface area contributed by atoms with Crippen molar-refractivity contribution in [3.05, 3.63) is 29.8 Å². The van der Waals surface area contributed by atoms with Crippen molar-refractivity contribution in [3.63, 3.8) is 0 Å². The smallest absolute Gasteiger partial charge is 0.413 e. The minimum atomic E-state index is -0.937. The summed E-state index contributed by atoms with van der Waals surface area (Å²) in [5, 5.41) is 11.2. The number of hydrogen-bond acceptors (Lipinski definition) is 5. The number of imide groups is 1. The highest BCUT2D eigenvalue weighted by molar-refractivity contribution is 5.95. The van der Waals surface area contributed by atoms with E-state index < -0.39 is 23.9 Å². The Bertz CT molecular complexity index is 557. The molecule has 1 heterocycles. The van der Waals surface area contributed by atoms with Crippen LogP contribution in [0.3, 0.4) is 0 Å². The van der Waals surface area contributed by atoms with E-state index in [-0.39, 0.29) is 13.1 Å². The molecular weight excluding hydrogens is 264 g/mol. The Balaban J connectivity index is 2.13. The van der Waals surface area contributed by atoms with Crippen molar-refractivity contribution in [1.82, 2.24) is 5.32 Å². The van der Waals surface area contributed by atoms with Gasteiger partial charge in [0.2, 0.25) is 5.91 Å². The van der Waals surface area contributed by atoms with Crippen LogP contribution in [0.5, 0.6) is 0 Å². The van der Waals surface area contributed by atoms with E-state index in [4.69, 9.17) is 0 Å². The van der Waals surface area contributed by atoms with Gasteiger partial charge in [0.15, 0.2) is 0 Å². The number of aliphatic carboxylic acids is 1. The van der Waals surface area contributed by atoms with Crippen LogP contribution in [-0.2, 0) is 14.3 Å². The standard InChI is InChI=1S/C13H14N2O5/c1-20-13(19)14-11(16)7-15-6-9(12(17)18)8-4-2-3-5-10(8)15/h2-5,9H,6-7H2,1H3,(H,17,18)(H,14,16,19). The molecule has 0 aliphatic carbocycles. The first kappa shape index (κ1) is 13.9. The molecule has 7 heteroatoms. The second-order valence-electron chi connectivity index (χ2n) is 4.37. The van der Waals surface area contributed by atoms with Crippen molar-refractivity contribution in [1.29, 1.82) is 0 Å². The molecule has 0 saturated heterocycles. The number of methoxy groups -OCH3 is 1. The molecule has 0 bridgehead atoms. The van der Waals surface area contributed by atoms with Crippen molar-refractivity contribution in [2.45, 2.75) is 5.92 Å². The number of fused-ring (bicyclic) bond motifs is 1. The quantitative estimate of drug-likeness (QED) is 0.838. The van der Waals surface area contributed by atoms with Crippen molar-refractivity contribution in [2.24, 2.45) is 0 Å². The number of benzene rings is 1. The first-order chi connectivity index (χ1) is 9.52. The van der Waals surface area contributed by atoms with Crippen LogP contribution in [-0.4, -0.2) is 43.3 Å². The maximum absolute atomic E-state index is 11.7. The van der Waals surface area contributed by atoms with E-state index in [0.717, 1.165) is 7.11 Å². The average molecular weight is 278 g/mol. The lowest BCUT2D eigenvalue weighted by atomic mass is 10.0. The summed E-state index contributed by atoms with van der Waals surface area (Å²) in [4.78, 5) is 35.5. The minimum absolute atomic E-state index is 0.101. The largest absolute Gasteiger partial charge is 0.481 e. The lowest BCUT2D eigenvalue weighted by Crippen LogP contribution is -2.40. The zero-order chi connectivity index (χ0) is 14.7. The number of carbonyl (C=O) groups is 3.